The Balaban J connectivity index is 2.37. The lowest BCUT2D eigenvalue weighted by atomic mass is 9.99. The molecule has 1 heterocycles. The van der Waals surface area contributed by atoms with E-state index >= 15 is 0 Å². The molecule has 2 rings (SSSR count). The SMILES string of the molecule is CCC[C@@](C)(OC)C(=O)Nc1ccc(OCC)c2ncccc12. The van der Waals surface area contributed by atoms with Crippen molar-refractivity contribution < 1.29 is 14.3 Å². The van der Waals surface area contributed by atoms with Crippen molar-refractivity contribution in [3.05, 3.63) is 30.5 Å². The number of nitrogens with one attached hydrogen (secondary N) is 1. The van der Waals surface area contributed by atoms with E-state index in [1.54, 1.807) is 20.2 Å². The normalized spacial score (nSPS) is 13.6. The van der Waals surface area contributed by atoms with E-state index in [9.17, 15) is 4.79 Å². The molecule has 0 spiro atoms. The number of nitrogens with zero attached hydrogens (tertiary/aromatic N) is 1. The molecule has 0 saturated heterocycles. The Morgan fingerprint density at radius 3 is 2.74 bits per heavy atom. The van der Waals surface area contributed by atoms with E-state index < -0.39 is 5.60 Å². The second kappa shape index (κ2) is 7.42. The molecular formula is C18H24N2O3. The van der Waals surface area contributed by atoms with Gasteiger partial charge in [0.2, 0.25) is 0 Å². The zero-order valence-corrected chi connectivity index (χ0v) is 14.2. The van der Waals surface area contributed by atoms with Crippen molar-refractivity contribution >= 4 is 22.5 Å². The maximum absolute atomic E-state index is 12.6. The summed E-state index contributed by atoms with van der Waals surface area (Å²) in [5.41, 5.74) is 0.602. The molecule has 124 valence electrons. The summed E-state index contributed by atoms with van der Waals surface area (Å²) in [7, 11) is 1.56. The fourth-order valence-electron chi connectivity index (χ4n) is 2.57. The first-order valence-corrected chi connectivity index (χ1v) is 7.92. The van der Waals surface area contributed by atoms with Gasteiger partial charge in [0, 0.05) is 18.7 Å². The minimum absolute atomic E-state index is 0.156. The third kappa shape index (κ3) is 3.62. The minimum atomic E-state index is -0.845. The van der Waals surface area contributed by atoms with Crippen LogP contribution in [0.1, 0.15) is 33.6 Å². The molecule has 5 nitrogen and oxygen atoms in total. The van der Waals surface area contributed by atoms with Crippen LogP contribution in [-0.4, -0.2) is 30.2 Å². The summed E-state index contributed by atoms with van der Waals surface area (Å²) in [4.78, 5) is 17.0. The zero-order valence-electron chi connectivity index (χ0n) is 14.2. The Morgan fingerprint density at radius 1 is 1.30 bits per heavy atom. The lowest BCUT2D eigenvalue weighted by molar-refractivity contribution is -0.136. The third-order valence-corrected chi connectivity index (χ3v) is 3.94. The average molecular weight is 316 g/mol. The van der Waals surface area contributed by atoms with Crippen LogP contribution in [-0.2, 0) is 9.53 Å². The standard InChI is InChI=1S/C18H24N2O3/c1-5-11-18(3,22-4)17(21)20-14-9-10-15(23-6-2)16-13(14)8-7-12-19-16/h7-10,12H,5-6,11H2,1-4H3,(H,20,21)/t18-/m1/s1. The molecule has 23 heavy (non-hydrogen) atoms. The van der Waals surface area contributed by atoms with Crippen LogP contribution in [0.4, 0.5) is 5.69 Å². The highest BCUT2D eigenvalue weighted by Crippen LogP contribution is 2.31. The van der Waals surface area contributed by atoms with Crippen molar-refractivity contribution in [2.75, 3.05) is 19.0 Å². The van der Waals surface area contributed by atoms with E-state index in [0.717, 1.165) is 17.3 Å². The second-order valence-electron chi connectivity index (χ2n) is 5.58. The molecule has 1 amide bonds. The van der Waals surface area contributed by atoms with Gasteiger partial charge in [-0.05, 0) is 44.5 Å². The van der Waals surface area contributed by atoms with Gasteiger partial charge in [0.25, 0.3) is 5.91 Å². The van der Waals surface area contributed by atoms with E-state index in [1.807, 2.05) is 38.1 Å². The number of anilines is 1. The Kier molecular flexibility index (Phi) is 5.55. The van der Waals surface area contributed by atoms with Crippen LogP contribution in [0.5, 0.6) is 5.75 Å². The van der Waals surface area contributed by atoms with E-state index in [-0.39, 0.29) is 5.91 Å². The summed E-state index contributed by atoms with van der Waals surface area (Å²) in [6, 6.07) is 7.44. The summed E-state index contributed by atoms with van der Waals surface area (Å²) >= 11 is 0. The molecule has 0 radical (unpaired) electrons. The first-order chi connectivity index (χ1) is 11.1. The van der Waals surface area contributed by atoms with Crippen LogP contribution in [0.25, 0.3) is 10.9 Å². The number of amides is 1. The Labute approximate surface area is 137 Å². The molecule has 1 atom stereocenters. The molecule has 0 aliphatic carbocycles. The number of rotatable bonds is 7. The first kappa shape index (κ1) is 17.2. The van der Waals surface area contributed by atoms with Crippen LogP contribution in [0, 0.1) is 0 Å². The number of pyridine rings is 1. The van der Waals surface area contributed by atoms with Crippen LogP contribution in [0.2, 0.25) is 0 Å². The number of aromatic nitrogens is 1. The van der Waals surface area contributed by atoms with Crippen LogP contribution < -0.4 is 10.1 Å². The van der Waals surface area contributed by atoms with Crippen LogP contribution >= 0.6 is 0 Å². The molecule has 0 aliphatic rings. The topological polar surface area (TPSA) is 60.5 Å². The van der Waals surface area contributed by atoms with Gasteiger partial charge in [0.05, 0.1) is 12.3 Å². The summed E-state index contributed by atoms with van der Waals surface area (Å²) in [6.07, 6.45) is 3.23. The predicted molar refractivity (Wildman–Crippen MR) is 91.9 cm³/mol. The van der Waals surface area contributed by atoms with Gasteiger partial charge in [-0.2, -0.15) is 0 Å². The molecule has 1 N–H and O–H groups in total. The number of hydrogen-bond donors (Lipinski definition) is 1. The van der Waals surface area contributed by atoms with Gasteiger partial charge in [-0.3, -0.25) is 9.78 Å². The predicted octanol–water partition coefficient (Wildman–Crippen LogP) is 3.78. The molecule has 0 saturated carbocycles. The van der Waals surface area contributed by atoms with Crippen molar-refractivity contribution in [1.82, 2.24) is 4.98 Å². The highest BCUT2D eigenvalue weighted by atomic mass is 16.5. The fraction of sp³-hybridized carbons (Fsp3) is 0.444. The summed E-state index contributed by atoms with van der Waals surface area (Å²) in [6.45, 7) is 6.33. The van der Waals surface area contributed by atoms with Gasteiger partial charge < -0.3 is 14.8 Å². The molecule has 1 aromatic heterocycles. The molecular weight excluding hydrogens is 292 g/mol. The van der Waals surface area contributed by atoms with Gasteiger partial charge in [-0.1, -0.05) is 13.3 Å². The van der Waals surface area contributed by atoms with Crippen molar-refractivity contribution in [1.29, 1.82) is 0 Å². The van der Waals surface area contributed by atoms with Gasteiger partial charge in [0.15, 0.2) is 0 Å². The lowest BCUT2D eigenvalue weighted by Gasteiger charge is -2.26. The van der Waals surface area contributed by atoms with Gasteiger partial charge in [0.1, 0.15) is 16.9 Å². The van der Waals surface area contributed by atoms with Gasteiger partial charge in [-0.15, -0.1) is 0 Å². The van der Waals surface area contributed by atoms with Crippen LogP contribution in [0.3, 0.4) is 0 Å². The van der Waals surface area contributed by atoms with Crippen molar-refractivity contribution in [2.45, 2.75) is 39.2 Å². The van der Waals surface area contributed by atoms with Gasteiger partial charge >= 0.3 is 0 Å². The average Bonchev–Trinajstić information content (AvgIpc) is 2.57. The Hall–Kier alpha value is -2.14. The smallest absolute Gasteiger partial charge is 0.256 e. The quantitative estimate of drug-likeness (QED) is 0.844. The third-order valence-electron chi connectivity index (χ3n) is 3.94. The number of methoxy groups -OCH3 is 1. The van der Waals surface area contributed by atoms with E-state index in [4.69, 9.17) is 9.47 Å². The summed E-state index contributed by atoms with van der Waals surface area (Å²) < 4.78 is 11.0. The highest BCUT2D eigenvalue weighted by molar-refractivity contribution is 6.05. The molecule has 0 bridgehead atoms. The van der Waals surface area contributed by atoms with Crippen LogP contribution in [0.15, 0.2) is 30.5 Å². The zero-order chi connectivity index (χ0) is 16.9. The second-order valence-corrected chi connectivity index (χ2v) is 5.58. The van der Waals surface area contributed by atoms with Crippen molar-refractivity contribution in [3.63, 3.8) is 0 Å². The molecule has 1 aromatic carbocycles. The highest BCUT2D eigenvalue weighted by Gasteiger charge is 2.32. The Bertz CT molecular complexity index is 687. The molecule has 2 aromatic rings. The number of fused-ring (bicyclic) bond motifs is 1. The number of benzene rings is 1. The summed E-state index contributed by atoms with van der Waals surface area (Å²) in [5.74, 6) is 0.556. The van der Waals surface area contributed by atoms with Gasteiger partial charge in [-0.25, -0.2) is 0 Å². The fourth-order valence-corrected chi connectivity index (χ4v) is 2.57. The van der Waals surface area contributed by atoms with E-state index in [1.165, 1.54) is 0 Å². The molecule has 5 heteroatoms. The minimum Gasteiger partial charge on any atom is -0.492 e. The molecule has 0 aliphatic heterocycles. The van der Waals surface area contributed by atoms with E-state index in [0.29, 0.717) is 24.5 Å². The van der Waals surface area contributed by atoms with Crippen molar-refractivity contribution in [2.24, 2.45) is 0 Å². The monoisotopic (exact) mass is 316 g/mol. The Morgan fingerprint density at radius 2 is 2.09 bits per heavy atom. The largest absolute Gasteiger partial charge is 0.492 e. The number of carbonyl (C=O) groups excluding carboxylic acids is 1. The summed E-state index contributed by atoms with van der Waals surface area (Å²) in [5, 5.41) is 3.82. The number of hydrogen-bond acceptors (Lipinski definition) is 4. The first-order valence-electron chi connectivity index (χ1n) is 7.92. The maximum Gasteiger partial charge on any atom is 0.256 e. The number of ether oxygens (including phenoxy) is 2. The van der Waals surface area contributed by atoms with E-state index in [2.05, 4.69) is 10.3 Å². The molecule has 0 unspecified atom stereocenters. The molecule has 0 fully saturated rings. The number of carbonyl (C=O) groups is 1. The maximum atomic E-state index is 12.6. The lowest BCUT2D eigenvalue weighted by Crippen LogP contribution is -2.41. The van der Waals surface area contributed by atoms with Crippen molar-refractivity contribution in [3.8, 4) is 5.75 Å².